The van der Waals surface area contributed by atoms with Crippen LogP contribution >= 0.6 is 0 Å². The van der Waals surface area contributed by atoms with Crippen molar-refractivity contribution in [2.75, 3.05) is 20.1 Å². The molecular weight excluding hydrogens is 244 g/mol. The Labute approximate surface area is 123 Å². The van der Waals surface area contributed by atoms with Gasteiger partial charge in [0.15, 0.2) is 0 Å². The predicted octanol–water partition coefficient (Wildman–Crippen LogP) is 3.44. The lowest BCUT2D eigenvalue weighted by molar-refractivity contribution is 0.0840. The molecule has 1 aliphatic heterocycles. The Hall–Kier alpha value is -0.860. The van der Waals surface area contributed by atoms with E-state index in [-0.39, 0.29) is 0 Å². The highest BCUT2D eigenvalue weighted by atomic mass is 15.2. The van der Waals surface area contributed by atoms with Gasteiger partial charge in [-0.25, -0.2) is 0 Å². The van der Waals surface area contributed by atoms with Crippen molar-refractivity contribution in [3.05, 3.63) is 34.9 Å². The molecule has 1 aromatic carbocycles. The third-order valence-corrected chi connectivity index (χ3v) is 5.24. The van der Waals surface area contributed by atoms with E-state index in [1.165, 1.54) is 43.4 Å². The first-order valence-electron chi connectivity index (χ1n) is 8.19. The number of aryl methyl sites for hydroxylation is 1. The fourth-order valence-electron chi connectivity index (χ4n) is 3.92. The highest BCUT2D eigenvalue weighted by Gasteiger charge is 2.40. The molecule has 0 amide bonds. The second-order valence-electron chi connectivity index (χ2n) is 6.66. The average Bonchev–Trinajstić information content (AvgIpc) is 3.27. The summed E-state index contributed by atoms with van der Waals surface area (Å²) >= 11 is 0. The van der Waals surface area contributed by atoms with Crippen molar-refractivity contribution >= 4 is 0 Å². The van der Waals surface area contributed by atoms with Crippen LogP contribution in [0.4, 0.5) is 0 Å². The van der Waals surface area contributed by atoms with E-state index in [0.29, 0.717) is 6.04 Å². The van der Waals surface area contributed by atoms with Crippen molar-refractivity contribution in [1.29, 1.82) is 0 Å². The SMILES string of the molecule is CNCC1CCCN(C2CC2)C1c1cccc(C)c1C. The zero-order chi connectivity index (χ0) is 14.1. The first-order chi connectivity index (χ1) is 9.72. The number of likely N-dealkylation sites (tertiary alicyclic amines) is 1. The molecule has 20 heavy (non-hydrogen) atoms. The maximum Gasteiger partial charge on any atom is 0.0394 e. The number of hydrogen-bond donors (Lipinski definition) is 1. The zero-order valence-electron chi connectivity index (χ0n) is 13.2. The van der Waals surface area contributed by atoms with Crippen molar-refractivity contribution in [2.45, 2.75) is 51.6 Å². The Balaban J connectivity index is 1.96. The van der Waals surface area contributed by atoms with Gasteiger partial charge >= 0.3 is 0 Å². The lowest BCUT2D eigenvalue weighted by Crippen LogP contribution is -2.43. The number of rotatable bonds is 4. The van der Waals surface area contributed by atoms with Crippen LogP contribution < -0.4 is 5.32 Å². The summed E-state index contributed by atoms with van der Waals surface area (Å²) in [6.45, 7) is 6.99. The maximum atomic E-state index is 3.42. The molecule has 2 unspecified atom stereocenters. The van der Waals surface area contributed by atoms with E-state index in [1.54, 1.807) is 5.56 Å². The second kappa shape index (κ2) is 5.87. The summed E-state index contributed by atoms with van der Waals surface area (Å²) in [6.07, 6.45) is 5.55. The van der Waals surface area contributed by atoms with Gasteiger partial charge in [-0.05, 0) is 82.3 Å². The molecule has 2 aliphatic rings. The molecule has 0 aromatic heterocycles. The van der Waals surface area contributed by atoms with E-state index in [0.717, 1.165) is 18.5 Å². The van der Waals surface area contributed by atoms with Crippen LogP contribution in [0.3, 0.4) is 0 Å². The molecule has 2 fully saturated rings. The van der Waals surface area contributed by atoms with Crippen LogP contribution in [0.2, 0.25) is 0 Å². The molecule has 3 rings (SSSR count). The van der Waals surface area contributed by atoms with Gasteiger partial charge in [0.25, 0.3) is 0 Å². The van der Waals surface area contributed by atoms with Crippen LogP contribution in [0.1, 0.15) is 48.4 Å². The first-order valence-corrected chi connectivity index (χ1v) is 8.19. The number of nitrogens with zero attached hydrogens (tertiary/aromatic N) is 1. The van der Waals surface area contributed by atoms with E-state index in [2.05, 4.69) is 49.3 Å². The van der Waals surface area contributed by atoms with Gasteiger partial charge in [0.1, 0.15) is 0 Å². The fraction of sp³-hybridized carbons (Fsp3) is 0.667. The summed E-state index contributed by atoms with van der Waals surface area (Å²) < 4.78 is 0. The van der Waals surface area contributed by atoms with Crippen LogP contribution in [0.5, 0.6) is 0 Å². The van der Waals surface area contributed by atoms with Gasteiger partial charge in [-0.2, -0.15) is 0 Å². The molecule has 0 bridgehead atoms. The minimum atomic E-state index is 0.628. The van der Waals surface area contributed by atoms with Crippen LogP contribution in [0.25, 0.3) is 0 Å². The third kappa shape index (κ3) is 2.64. The van der Waals surface area contributed by atoms with Crippen molar-refractivity contribution in [3.63, 3.8) is 0 Å². The zero-order valence-corrected chi connectivity index (χ0v) is 13.2. The lowest BCUT2D eigenvalue weighted by Gasteiger charge is -2.43. The molecule has 2 heteroatoms. The van der Waals surface area contributed by atoms with Gasteiger partial charge in [-0.1, -0.05) is 18.2 Å². The number of nitrogens with one attached hydrogen (secondary N) is 1. The summed E-state index contributed by atoms with van der Waals surface area (Å²) in [4.78, 5) is 2.81. The minimum absolute atomic E-state index is 0.628. The van der Waals surface area contributed by atoms with E-state index in [9.17, 15) is 0 Å². The van der Waals surface area contributed by atoms with E-state index in [4.69, 9.17) is 0 Å². The molecule has 1 aromatic rings. The van der Waals surface area contributed by atoms with Crippen LogP contribution in [-0.2, 0) is 0 Å². The molecule has 1 N–H and O–H groups in total. The van der Waals surface area contributed by atoms with Gasteiger partial charge in [0, 0.05) is 12.1 Å². The standard InChI is InChI=1S/C18H28N2/c1-13-6-4-8-17(14(13)2)18-15(12-19-3)7-5-11-20(18)16-9-10-16/h4,6,8,15-16,18-19H,5,7,9-12H2,1-3H3. The predicted molar refractivity (Wildman–Crippen MR) is 85.0 cm³/mol. The quantitative estimate of drug-likeness (QED) is 0.903. The minimum Gasteiger partial charge on any atom is -0.319 e. The normalized spacial score (nSPS) is 27.8. The molecule has 110 valence electrons. The second-order valence-corrected chi connectivity index (χ2v) is 6.66. The Kier molecular flexibility index (Phi) is 4.13. The first kappa shape index (κ1) is 14.1. The smallest absolute Gasteiger partial charge is 0.0394 e. The summed E-state index contributed by atoms with van der Waals surface area (Å²) in [5.74, 6) is 0.759. The maximum absolute atomic E-state index is 3.42. The lowest BCUT2D eigenvalue weighted by atomic mass is 9.82. The summed E-state index contributed by atoms with van der Waals surface area (Å²) in [5.41, 5.74) is 4.52. The van der Waals surface area contributed by atoms with Crippen LogP contribution in [0, 0.1) is 19.8 Å². The number of hydrogen-bond acceptors (Lipinski definition) is 2. The highest BCUT2D eigenvalue weighted by Crippen LogP contribution is 2.43. The summed E-state index contributed by atoms with van der Waals surface area (Å²) in [6, 6.07) is 8.35. The molecule has 0 radical (unpaired) electrons. The Morgan fingerprint density at radius 1 is 1.20 bits per heavy atom. The van der Waals surface area contributed by atoms with Gasteiger partial charge in [-0.3, -0.25) is 4.90 Å². The van der Waals surface area contributed by atoms with Crippen LogP contribution in [0.15, 0.2) is 18.2 Å². The van der Waals surface area contributed by atoms with Gasteiger partial charge < -0.3 is 5.32 Å². The average molecular weight is 272 g/mol. The van der Waals surface area contributed by atoms with E-state index < -0.39 is 0 Å². The molecule has 2 nitrogen and oxygen atoms in total. The molecular formula is C18H28N2. The Morgan fingerprint density at radius 2 is 2.00 bits per heavy atom. The highest BCUT2D eigenvalue weighted by molar-refractivity contribution is 5.36. The third-order valence-electron chi connectivity index (χ3n) is 5.24. The van der Waals surface area contributed by atoms with Crippen LogP contribution in [-0.4, -0.2) is 31.1 Å². The van der Waals surface area contributed by atoms with Crippen molar-refractivity contribution in [2.24, 2.45) is 5.92 Å². The molecule has 1 saturated carbocycles. The molecule has 1 saturated heterocycles. The molecule has 0 spiro atoms. The summed E-state index contributed by atoms with van der Waals surface area (Å²) in [5, 5.41) is 3.42. The fourth-order valence-corrected chi connectivity index (χ4v) is 3.92. The van der Waals surface area contributed by atoms with Gasteiger partial charge in [-0.15, -0.1) is 0 Å². The van der Waals surface area contributed by atoms with Crippen molar-refractivity contribution in [3.8, 4) is 0 Å². The van der Waals surface area contributed by atoms with E-state index >= 15 is 0 Å². The van der Waals surface area contributed by atoms with E-state index in [1.807, 2.05) is 0 Å². The molecule has 1 heterocycles. The molecule has 2 atom stereocenters. The summed E-state index contributed by atoms with van der Waals surface area (Å²) in [7, 11) is 2.09. The van der Waals surface area contributed by atoms with Crippen molar-refractivity contribution < 1.29 is 0 Å². The Morgan fingerprint density at radius 3 is 2.70 bits per heavy atom. The number of piperidine rings is 1. The van der Waals surface area contributed by atoms with Gasteiger partial charge in [0.05, 0.1) is 0 Å². The molecule has 1 aliphatic carbocycles. The topological polar surface area (TPSA) is 15.3 Å². The van der Waals surface area contributed by atoms with Gasteiger partial charge in [0.2, 0.25) is 0 Å². The number of benzene rings is 1. The largest absolute Gasteiger partial charge is 0.319 e. The van der Waals surface area contributed by atoms with Crippen molar-refractivity contribution in [1.82, 2.24) is 10.2 Å². The Bertz CT molecular complexity index is 462. The monoisotopic (exact) mass is 272 g/mol.